The zero-order valence-corrected chi connectivity index (χ0v) is 14.5. The first-order valence-corrected chi connectivity index (χ1v) is 8.53. The molecule has 0 radical (unpaired) electrons. The van der Waals surface area contributed by atoms with Crippen molar-refractivity contribution in [3.05, 3.63) is 107 Å². The van der Waals surface area contributed by atoms with Crippen molar-refractivity contribution in [2.75, 3.05) is 0 Å². The molecule has 0 spiro atoms. The Labute approximate surface area is 158 Å². The molecule has 1 amide bonds. The summed E-state index contributed by atoms with van der Waals surface area (Å²) in [5, 5.41) is 2.33. The third-order valence-corrected chi connectivity index (χ3v) is 4.95. The molecule has 1 unspecified atom stereocenters. The van der Waals surface area contributed by atoms with Crippen LogP contribution in [0, 0.1) is 5.82 Å². The third-order valence-electron chi connectivity index (χ3n) is 4.95. The van der Waals surface area contributed by atoms with Gasteiger partial charge in [0.05, 0.1) is 0 Å². The Balaban J connectivity index is 1.99. The van der Waals surface area contributed by atoms with Crippen LogP contribution in [0.2, 0.25) is 0 Å². The van der Waals surface area contributed by atoms with Crippen molar-refractivity contribution in [1.29, 1.82) is 0 Å². The molecule has 0 bridgehead atoms. The number of halogens is 3. The molecule has 0 aliphatic carbocycles. The molecular weight excluding hydrogens is 367 g/mol. The van der Waals surface area contributed by atoms with Crippen LogP contribution in [0.4, 0.5) is 13.2 Å². The molecule has 1 heterocycles. The van der Waals surface area contributed by atoms with Gasteiger partial charge in [0.25, 0.3) is 5.91 Å². The Morgan fingerprint density at radius 1 is 0.857 bits per heavy atom. The summed E-state index contributed by atoms with van der Waals surface area (Å²) in [4.78, 5) is 25.3. The Hall–Kier alpha value is -3.41. The number of carbonyl (C=O) groups is 2. The lowest BCUT2D eigenvalue weighted by Gasteiger charge is -2.37. The van der Waals surface area contributed by atoms with Gasteiger partial charge in [-0.25, -0.2) is 4.39 Å². The van der Waals surface area contributed by atoms with E-state index in [1.807, 2.05) is 0 Å². The third kappa shape index (κ3) is 2.45. The molecule has 1 aliphatic rings. The van der Waals surface area contributed by atoms with Crippen molar-refractivity contribution in [3.8, 4) is 0 Å². The van der Waals surface area contributed by atoms with Crippen molar-refractivity contribution in [3.63, 3.8) is 0 Å². The van der Waals surface area contributed by atoms with Crippen LogP contribution in [0.1, 0.15) is 31.8 Å². The molecule has 3 aromatic rings. The number of benzene rings is 3. The van der Waals surface area contributed by atoms with E-state index in [4.69, 9.17) is 0 Å². The van der Waals surface area contributed by atoms with Gasteiger partial charge >= 0.3 is 5.92 Å². The second-order valence-electron chi connectivity index (χ2n) is 6.53. The van der Waals surface area contributed by atoms with Crippen LogP contribution in [0.25, 0.3) is 0 Å². The minimum absolute atomic E-state index is 0.0270. The number of alkyl halides is 2. The standard InChI is InChI=1S/C22H14F3NO2/c23-16-12-10-15(11-13-16)21(18-9-5-4-8-17(18)20(28)26-21)22(24,25)19(27)14-6-2-1-3-7-14/h1-13H,(H,26,28). The molecule has 0 fully saturated rings. The molecular formula is C22H14F3NO2. The highest BCUT2D eigenvalue weighted by atomic mass is 19.3. The summed E-state index contributed by atoms with van der Waals surface area (Å²) >= 11 is 0. The molecule has 4 rings (SSSR count). The van der Waals surface area contributed by atoms with E-state index in [1.54, 1.807) is 12.1 Å². The Bertz CT molecular complexity index is 1060. The molecule has 28 heavy (non-hydrogen) atoms. The first-order chi connectivity index (χ1) is 13.4. The van der Waals surface area contributed by atoms with Crippen molar-refractivity contribution < 1.29 is 22.8 Å². The second-order valence-corrected chi connectivity index (χ2v) is 6.53. The number of amides is 1. The van der Waals surface area contributed by atoms with Crippen molar-refractivity contribution in [2.24, 2.45) is 0 Å². The summed E-state index contributed by atoms with van der Waals surface area (Å²) in [6, 6.07) is 17.4. The molecule has 0 saturated carbocycles. The second kappa shape index (κ2) is 6.34. The van der Waals surface area contributed by atoms with Crippen molar-refractivity contribution >= 4 is 11.7 Å². The molecule has 6 heteroatoms. The predicted molar refractivity (Wildman–Crippen MR) is 96.8 cm³/mol. The number of hydrogen-bond donors (Lipinski definition) is 1. The van der Waals surface area contributed by atoms with E-state index in [0.29, 0.717) is 0 Å². The smallest absolute Gasteiger partial charge is 0.333 e. The fourth-order valence-electron chi connectivity index (χ4n) is 3.61. The molecule has 140 valence electrons. The summed E-state index contributed by atoms with van der Waals surface area (Å²) in [6.07, 6.45) is 0. The SMILES string of the molecule is O=C1NC(c2ccc(F)cc2)(C(F)(F)C(=O)c2ccccc2)c2ccccc21. The first kappa shape index (κ1) is 18.0. The summed E-state index contributed by atoms with van der Waals surface area (Å²) in [7, 11) is 0. The maximum absolute atomic E-state index is 15.8. The van der Waals surface area contributed by atoms with E-state index in [2.05, 4.69) is 5.32 Å². The van der Waals surface area contributed by atoms with Gasteiger partial charge < -0.3 is 5.32 Å². The lowest BCUT2D eigenvalue weighted by molar-refractivity contribution is -0.0411. The van der Waals surface area contributed by atoms with Crippen molar-refractivity contribution in [2.45, 2.75) is 11.5 Å². The van der Waals surface area contributed by atoms with Crippen LogP contribution in [0.5, 0.6) is 0 Å². The zero-order valence-electron chi connectivity index (χ0n) is 14.5. The number of ketones is 1. The lowest BCUT2D eigenvalue weighted by atomic mass is 9.75. The molecule has 3 aromatic carbocycles. The van der Waals surface area contributed by atoms with E-state index in [9.17, 15) is 14.0 Å². The van der Waals surface area contributed by atoms with Crippen LogP contribution in [-0.4, -0.2) is 17.6 Å². The number of nitrogens with one attached hydrogen (secondary N) is 1. The maximum Gasteiger partial charge on any atom is 0.340 e. The van der Waals surface area contributed by atoms with E-state index in [-0.39, 0.29) is 22.3 Å². The van der Waals surface area contributed by atoms with Gasteiger partial charge in [0.15, 0.2) is 5.54 Å². The monoisotopic (exact) mass is 381 g/mol. The summed E-state index contributed by atoms with van der Waals surface area (Å²) in [5.41, 5.74) is -2.69. The number of rotatable bonds is 4. The average molecular weight is 381 g/mol. The van der Waals surface area contributed by atoms with Gasteiger partial charge in [-0.15, -0.1) is 0 Å². The zero-order chi connectivity index (χ0) is 19.9. The maximum atomic E-state index is 15.8. The minimum Gasteiger partial charge on any atom is -0.333 e. The Kier molecular flexibility index (Phi) is 4.07. The molecule has 3 nitrogen and oxygen atoms in total. The number of fused-ring (bicyclic) bond motifs is 1. The summed E-state index contributed by atoms with van der Waals surface area (Å²) in [6.45, 7) is 0. The quantitative estimate of drug-likeness (QED) is 0.684. The highest BCUT2D eigenvalue weighted by Crippen LogP contribution is 2.49. The van der Waals surface area contributed by atoms with Crippen LogP contribution in [0.3, 0.4) is 0 Å². The van der Waals surface area contributed by atoms with Crippen LogP contribution in [0.15, 0.2) is 78.9 Å². The van der Waals surface area contributed by atoms with E-state index in [1.165, 1.54) is 42.5 Å². The van der Waals surface area contributed by atoms with E-state index < -0.39 is 29.0 Å². The van der Waals surface area contributed by atoms with Crippen LogP contribution >= 0.6 is 0 Å². The van der Waals surface area contributed by atoms with E-state index >= 15 is 8.78 Å². The van der Waals surface area contributed by atoms with E-state index in [0.717, 1.165) is 24.3 Å². The van der Waals surface area contributed by atoms with Gasteiger partial charge in [-0.1, -0.05) is 60.7 Å². The number of Topliss-reactive ketones (excluding diaryl/α,β-unsaturated/α-hetero) is 1. The van der Waals surface area contributed by atoms with Crippen LogP contribution < -0.4 is 5.32 Å². The van der Waals surface area contributed by atoms with Gasteiger partial charge in [0.1, 0.15) is 5.82 Å². The predicted octanol–water partition coefficient (Wildman–Crippen LogP) is 4.33. The highest BCUT2D eigenvalue weighted by Gasteiger charge is 2.65. The topological polar surface area (TPSA) is 46.2 Å². The van der Waals surface area contributed by atoms with Gasteiger partial charge in [0.2, 0.25) is 5.78 Å². The minimum atomic E-state index is -4.03. The molecule has 0 aromatic heterocycles. The highest BCUT2D eigenvalue weighted by molar-refractivity contribution is 6.07. The summed E-state index contributed by atoms with van der Waals surface area (Å²) in [5.74, 6) is -6.81. The first-order valence-electron chi connectivity index (χ1n) is 8.53. The Morgan fingerprint density at radius 3 is 2.14 bits per heavy atom. The number of hydrogen-bond acceptors (Lipinski definition) is 2. The fraction of sp³-hybridized carbons (Fsp3) is 0.0909. The molecule has 1 aliphatic heterocycles. The molecule has 1 atom stereocenters. The lowest BCUT2D eigenvalue weighted by Crippen LogP contribution is -2.58. The normalized spacial score (nSPS) is 18.5. The van der Waals surface area contributed by atoms with Gasteiger partial charge in [-0.3, -0.25) is 9.59 Å². The van der Waals surface area contributed by atoms with Gasteiger partial charge in [-0.05, 0) is 23.8 Å². The van der Waals surface area contributed by atoms with Gasteiger partial charge in [0, 0.05) is 16.7 Å². The average Bonchev–Trinajstić information content (AvgIpc) is 3.03. The Morgan fingerprint density at radius 2 is 1.46 bits per heavy atom. The van der Waals surface area contributed by atoms with Crippen LogP contribution in [-0.2, 0) is 5.54 Å². The molecule has 0 saturated heterocycles. The van der Waals surface area contributed by atoms with Gasteiger partial charge in [-0.2, -0.15) is 8.78 Å². The van der Waals surface area contributed by atoms with Crippen molar-refractivity contribution in [1.82, 2.24) is 5.32 Å². The molecule has 1 N–H and O–H groups in total. The fourth-order valence-corrected chi connectivity index (χ4v) is 3.61. The number of carbonyl (C=O) groups excluding carboxylic acids is 2. The largest absolute Gasteiger partial charge is 0.340 e. The summed E-state index contributed by atoms with van der Waals surface area (Å²) < 4.78 is 45.1.